The molecule has 4 rings (SSSR count). The van der Waals surface area contributed by atoms with Crippen molar-refractivity contribution in [2.75, 3.05) is 0 Å². The average molecular weight is 489 g/mol. The molecule has 0 aliphatic rings. The standard InChI is InChI=1S/C28H18Cl2O4/c29-23-17-9-7-15-21(23)25(33-27(31)19-11-3-1-4-12-19)26(22-16-8-10-18-24(22)30)34-28(32)20-13-5-2-6-14-20/h1-18H/b26-25+. The van der Waals surface area contributed by atoms with E-state index in [0.717, 1.165) is 0 Å². The third kappa shape index (κ3) is 5.37. The van der Waals surface area contributed by atoms with Gasteiger partial charge in [-0.05, 0) is 48.5 Å². The number of rotatable bonds is 6. The predicted octanol–water partition coefficient (Wildman–Crippen LogP) is 7.53. The SMILES string of the molecule is O=C(O/C(=C(/OC(=O)c1ccccc1)c1ccccc1Cl)c1ccccc1Cl)c1ccccc1. The van der Waals surface area contributed by atoms with Crippen LogP contribution in [0.1, 0.15) is 31.8 Å². The zero-order valence-corrected chi connectivity index (χ0v) is 19.3. The number of hydrogen-bond acceptors (Lipinski definition) is 4. The molecular formula is C28H18Cl2O4. The van der Waals surface area contributed by atoms with Crippen LogP contribution in [0.25, 0.3) is 11.5 Å². The number of halogens is 2. The quantitative estimate of drug-likeness (QED) is 0.160. The Bertz CT molecular complexity index is 1240. The van der Waals surface area contributed by atoms with E-state index in [1.807, 2.05) is 0 Å². The van der Waals surface area contributed by atoms with Gasteiger partial charge in [-0.2, -0.15) is 0 Å². The van der Waals surface area contributed by atoms with Gasteiger partial charge in [0.15, 0.2) is 11.5 Å². The topological polar surface area (TPSA) is 52.6 Å². The zero-order valence-electron chi connectivity index (χ0n) is 17.8. The van der Waals surface area contributed by atoms with Crippen LogP contribution in [0.5, 0.6) is 0 Å². The van der Waals surface area contributed by atoms with Crippen LogP contribution in [-0.2, 0) is 9.47 Å². The molecule has 0 aromatic heterocycles. The Hall–Kier alpha value is -3.86. The van der Waals surface area contributed by atoms with Crippen LogP contribution in [-0.4, -0.2) is 11.9 Å². The second kappa shape index (κ2) is 10.8. The molecule has 0 saturated carbocycles. The molecule has 4 aromatic carbocycles. The van der Waals surface area contributed by atoms with E-state index in [-0.39, 0.29) is 11.5 Å². The van der Waals surface area contributed by atoms with Gasteiger partial charge in [-0.15, -0.1) is 0 Å². The van der Waals surface area contributed by atoms with E-state index in [9.17, 15) is 9.59 Å². The molecule has 0 heterocycles. The maximum Gasteiger partial charge on any atom is 0.343 e. The molecular weight excluding hydrogens is 471 g/mol. The number of benzene rings is 4. The number of carbonyl (C=O) groups is 2. The molecule has 0 aliphatic heterocycles. The molecule has 0 spiro atoms. The number of carbonyl (C=O) groups excluding carboxylic acids is 2. The van der Waals surface area contributed by atoms with E-state index in [0.29, 0.717) is 32.3 Å². The van der Waals surface area contributed by atoms with Gasteiger partial charge in [0, 0.05) is 11.1 Å². The lowest BCUT2D eigenvalue weighted by atomic mass is 10.1. The number of ether oxygens (including phenoxy) is 2. The first-order valence-electron chi connectivity index (χ1n) is 10.3. The summed E-state index contributed by atoms with van der Waals surface area (Å²) in [6.45, 7) is 0. The van der Waals surface area contributed by atoms with Gasteiger partial charge in [-0.3, -0.25) is 0 Å². The summed E-state index contributed by atoms with van der Waals surface area (Å²) in [5.74, 6) is -1.35. The van der Waals surface area contributed by atoms with Gasteiger partial charge in [0.25, 0.3) is 0 Å². The summed E-state index contributed by atoms with van der Waals surface area (Å²) < 4.78 is 11.7. The molecule has 0 amide bonds. The molecule has 4 nitrogen and oxygen atoms in total. The third-order valence-corrected chi connectivity index (χ3v) is 5.51. The van der Waals surface area contributed by atoms with Crippen LogP contribution < -0.4 is 0 Å². The summed E-state index contributed by atoms with van der Waals surface area (Å²) >= 11 is 12.9. The van der Waals surface area contributed by atoms with Crippen molar-refractivity contribution in [3.8, 4) is 0 Å². The molecule has 168 valence electrons. The fraction of sp³-hybridized carbons (Fsp3) is 0. The normalized spacial score (nSPS) is 11.4. The maximum atomic E-state index is 13.0. The number of esters is 2. The van der Waals surface area contributed by atoms with Crippen molar-refractivity contribution in [2.24, 2.45) is 0 Å². The zero-order chi connectivity index (χ0) is 23.9. The molecule has 0 fully saturated rings. The van der Waals surface area contributed by atoms with E-state index in [2.05, 4.69) is 0 Å². The first kappa shape index (κ1) is 23.3. The van der Waals surface area contributed by atoms with Gasteiger partial charge in [0.2, 0.25) is 0 Å². The lowest BCUT2D eigenvalue weighted by Gasteiger charge is -2.18. The van der Waals surface area contributed by atoms with E-state index in [1.165, 1.54) is 0 Å². The molecule has 6 heteroatoms. The molecule has 0 unspecified atom stereocenters. The highest BCUT2D eigenvalue weighted by Crippen LogP contribution is 2.36. The highest BCUT2D eigenvalue weighted by atomic mass is 35.5. The van der Waals surface area contributed by atoms with E-state index < -0.39 is 11.9 Å². The molecule has 0 aliphatic carbocycles. The first-order valence-corrected chi connectivity index (χ1v) is 11.1. The number of hydrogen-bond donors (Lipinski definition) is 0. The summed E-state index contributed by atoms with van der Waals surface area (Å²) in [4.78, 5) is 26.1. The Morgan fingerprint density at radius 1 is 0.471 bits per heavy atom. The Morgan fingerprint density at radius 2 is 0.794 bits per heavy atom. The van der Waals surface area contributed by atoms with Gasteiger partial charge >= 0.3 is 11.9 Å². The van der Waals surface area contributed by atoms with Crippen molar-refractivity contribution in [2.45, 2.75) is 0 Å². The minimum Gasteiger partial charge on any atom is -0.418 e. The summed E-state index contributed by atoms with van der Waals surface area (Å²) in [6.07, 6.45) is 0. The van der Waals surface area contributed by atoms with E-state index in [4.69, 9.17) is 32.7 Å². The van der Waals surface area contributed by atoms with E-state index in [1.54, 1.807) is 109 Å². The molecule has 0 atom stereocenters. The van der Waals surface area contributed by atoms with Crippen LogP contribution in [0, 0.1) is 0 Å². The fourth-order valence-electron chi connectivity index (χ4n) is 3.19. The average Bonchev–Trinajstić information content (AvgIpc) is 2.88. The monoisotopic (exact) mass is 488 g/mol. The van der Waals surface area contributed by atoms with Crippen LogP contribution in [0.2, 0.25) is 10.0 Å². The highest BCUT2D eigenvalue weighted by Gasteiger charge is 2.25. The van der Waals surface area contributed by atoms with Crippen LogP contribution in [0.4, 0.5) is 0 Å². The second-order valence-electron chi connectivity index (χ2n) is 7.13. The Labute approximate surface area is 207 Å². The van der Waals surface area contributed by atoms with Crippen molar-refractivity contribution in [1.82, 2.24) is 0 Å². The first-order chi connectivity index (χ1) is 16.5. The Kier molecular flexibility index (Phi) is 7.43. The summed E-state index contributed by atoms with van der Waals surface area (Å²) in [5, 5.41) is 0.609. The minimum absolute atomic E-state index is 0.0307. The lowest BCUT2D eigenvalue weighted by molar-refractivity contribution is 0.0647. The molecule has 0 radical (unpaired) electrons. The van der Waals surface area contributed by atoms with Gasteiger partial charge in [-0.25, -0.2) is 9.59 Å². The van der Waals surface area contributed by atoms with Crippen molar-refractivity contribution in [3.63, 3.8) is 0 Å². The Morgan fingerprint density at radius 3 is 1.15 bits per heavy atom. The second-order valence-corrected chi connectivity index (χ2v) is 7.94. The highest BCUT2D eigenvalue weighted by molar-refractivity contribution is 6.33. The summed E-state index contributed by atoms with van der Waals surface area (Å²) in [7, 11) is 0. The van der Waals surface area contributed by atoms with Gasteiger partial charge in [0.05, 0.1) is 21.2 Å². The fourth-order valence-corrected chi connectivity index (χ4v) is 3.63. The van der Waals surface area contributed by atoms with Crippen molar-refractivity contribution < 1.29 is 19.1 Å². The predicted molar refractivity (Wildman–Crippen MR) is 133 cm³/mol. The smallest absolute Gasteiger partial charge is 0.343 e. The molecule has 0 N–H and O–H groups in total. The lowest BCUT2D eigenvalue weighted by Crippen LogP contribution is -2.11. The van der Waals surface area contributed by atoms with Gasteiger partial charge in [0.1, 0.15) is 0 Å². The minimum atomic E-state index is -0.643. The summed E-state index contributed by atoms with van der Waals surface area (Å²) in [6, 6.07) is 30.6. The molecule has 0 saturated heterocycles. The van der Waals surface area contributed by atoms with Crippen molar-refractivity contribution in [1.29, 1.82) is 0 Å². The van der Waals surface area contributed by atoms with Crippen LogP contribution in [0.3, 0.4) is 0 Å². The largest absolute Gasteiger partial charge is 0.418 e. The van der Waals surface area contributed by atoms with E-state index >= 15 is 0 Å². The Balaban J connectivity index is 1.91. The molecule has 4 aromatic rings. The van der Waals surface area contributed by atoms with Gasteiger partial charge in [-0.1, -0.05) is 83.9 Å². The maximum absolute atomic E-state index is 13.0. The van der Waals surface area contributed by atoms with Crippen molar-refractivity contribution in [3.05, 3.63) is 141 Å². The van der Waals surface area contributed by atoms with Gasteiger partial charge < -0.3 is 9.47 Å². The molecule has 34 heavy (non-hydrogen) atoms. The van der Waals surface area contributed by atoms with Crippen LogP contribution in [0.15, 0.2) is 109 Å². The van der Waals surface area contributed by atoms with Crippen molar-refractivity contribution >= 4 is 46.7 Å². The van der Waals surface area contributed by atoms with Crippen LogP contribution >= 0.6 is 23.2 Å². The molecule has 0 bridgehead atoms. The third-order valence-electron chi connectivity index (χ3n) is 4.85. The summed E-state index contributed by atoms with van der Waals surface area (Å²) in [5.41, 5.74) is 1.37.